The van der Waals surface area contributed by atoms with E-state index in [0.29, 0.717) is 5.75 Å². The van der Waals surface area contributed by atoms with Crippen molar-refractivity contribution < 1.29 is 17.9 Å². The van der Waals surface area contributed by atoms with Gasteiger partial charge in [0, 0.05) is 24.4 Å². The van der Waals surface area contributed by atoms with Gasteiger partial charge in [0.05, 0.1) is 11.5 Å². The molecule has 114 valence electrons. The van der Waals surface area contributed by atoms with Crippen molar-refractivity contribution in [1.82, 2.24) is 4.31 Å². The lowest BCUT2D eigenvalue weighted by molar-refractivity contribution is 0.275. The Bertz CT molecular complexity index is 575. The predicted octanol–water partition coefficient (Wildman–Crippen LogP) is 2.00. The van der Waals surface area contributed by atoms with Crippen LogP contribution in [0.1, 0.15) is 18.1 Å². The summed E-state index contributed by atoms with van der Waals surface area (Å²) in [7, 11) is -2.18. The molecule has 1 unspecified atom stereocenters. The van der Waals surface area contributed by atoms with Crippen LogP contribution in [0.3, 0.4) is 0 Å². The van der Waals surface area contributed by atoms with Crippen LogP contribution in [0.15, 0.2) is 17.0 Å². The molecule has 0 saturated heterocycles. The quantitative estimate of drug-likeness (QED) is 0.871. The van der Waals surface area contributed by atoms with Crippen LogP contribution in [0.2, 0.25) is 0 Å². The Balaban J connectivity index is 3.25. The molecule has 0 spiro atoms. The minimum Gasteiger partial charge on any atom is -0.392 e. The molecule has 0 heterocycles. The van der Waals surface area contributed by atoms with Gasteiger partial charge in [-0.2, -0.15) is 16.1 Å². The number of sulfonamides is 1. The zero-order valence-corrected chi connectivity index (χ0v) is 13.7. The monoisotopic (exact) mass is 321 g/mol. The molecule has 4 nitrogen and oxygen atoms in total. The van der Waals surface area contributed by atoms with Gasteiger partial charge in [-0.15, -0.1) is 0 Å². The number of aliphatic hydroxyl groups excluding tert-OH is 1. The Morgan fingerprint density at radius 2 is 2.05 bits per heavy atom. The maximum atomic E-state index is 13.7. The number of aliphatic hydroxyl groups is 1. The Labute approximate surface area is 124 Å². The van der Waals surface area contributed by atoms with Gasteiger partial charge in [-0.05, 0) is 37.8 Å². The molecule has 0 aliphatic rings. The summed E-state index contributed by atoms with van der Waals surface area (Å²) >= 11 is 1.56. The highest BCUT2D eigenvalue weighted by Crippen LogP contribution is 2.23. The molecule has 0 fully saturated rings. The Morgan fingerprint density at radius 3 is 2.55 bits per heavy atom. The third-order valence-corrected chi connectivity index (χ3v) is 5.94. The molecular weight excluding hydrogens is 301 g/mol. The van der Waals surface area contributed by atoms with Crippen molar-refractivity contribution in [2.45, 2.75) is 31.4 Å². The van der Waals surface area contributed by atoms with Gasteiger partial charge in [0.25, 0.3) is 0 Å². The third-order valence-electron chi connectivity index (χ3n) is 3.18. The van der Waals surface area contributed by atoms with E-state index < -0.39 is 22.4 Å². The lowest BCUT2D eigenvalue weighted by Gasteiger charge is -2.24. The topological polar surface area (TPSA) is 57.6 Å². The number of rotatable bonds is 6. The van der Waals surface area contributed by atoms with Crippen molar-refractivity contribution >= 4 is 21.8 Å². The van der Waals surface area contributed by atoms with Crippen LogP contribution in [0.25, 0.3) is 0 Å². The summed E-state index contributed by atoms with van der Waals surface area (Å²) < 4.78 is 39.9. The first-order chi connectivity index (χ1) is 9.25. The molecule has 20 heavy (non-hydrogen) atoms. The molecule has 0 saturated carbocycles. The predicted molar refractivity (Wildman–Crippen MR) is 79.9 cm³/mol. The number of halogens is 1. The summed E-state index contributed by atoms with van der Waals surface area (Å²) in [6.07, 6.45) is 1.91. The summed E-state index contributed by atoms with van der Waals surface area (Å²) in [4.78, 5) is 0.0101. The van der Waals surface area contributed by atoms with E-state index in [-0.39, 0.29) is 22.1 Å². The molecule has 0 aliphatic carbocycles. The average Bonchev–Trinajstić information content (AvgIpc) is 2.40. The van der Waals surface area contributed by atoms with Crippen LogP contribution < -0.4 is 0 Å². The summed E-state index contributed by atoms with van der Waals surface area (Å²) in [6.45, 7) is 2.77. The van der Waals surface area contributed by atoms with Crippen molar-refractivity contribution in [3.8, 4) is 0 Å². The molecule has 7 heteroatoms. The van der Waals surface area contributed by atoms with Crippen molar-refractivity contribution in [2.24, 2.45) is 0 Å². The maximum Gasteiger partial charge on any atom is 0.243 e. The first-order valence-electron chi connectivity index (χ1n) is 6.12. The number of aryl methyl sites for hydroxylation is 1. The van der Waals surface area contributed by atoms with Gasteiger partial charge >= 0.3 is 0 Å². The van der Waals surface area contributed by atoms with Crippen LogP contribution in [-0.2, 0) is 16.6 Å². The number of nitrogens with zero attached hydrogens (tertiary/aromatic N) is 1. The smallest absolute Gasteiger partial charge is 0.243 e. The number of hydrogen-bond donors (Lipinski definition) is 1. The molecule has 1 rings (SSSR count). The van der Waals surface area contributed by atoms with Crippen LogP contribution in [0, 0.1) is 12.7 Å². The lowest BCUT2D eigenvalue weighted by atomic mass is 10.1. The number of thioether (sulfide) groups is 1. The molecule has 0 aromatic heterocycles. The van der Waals surface area contributed by atoms with E-state index in [9.17, 15) is 12.8 Å². The molecule has 1 aromatic carbocycles. The SMILES string of the molecule is CSCC(C)N(C)S(=O)(=O)c1cc(C)c(F)c(CO)c1. The Hall–Kier alpha value is -0.630. The summed E-state index contributed by atoms with van der Waals surface area (Å²) in [6, 6.07) is 2.32. The van der Waals surface area contributed by atoms with Gasteiger partial charge < -0.3 is 5.11 Å². The summed E-state index contributed by atoms with van der Waals surface area (Å²) in [5.41, 5.74) is 0.204. The van der Waals surface area contributed by atoms with Gasteiger partial charge in [0.2, 0.25) is 10.0 Å². The van der Waals surface area contributed by atoms with Crippen molar-refractivity contribution in [3.05, 3.63) is 29.1 Å². The second-order valence-corrected chi connectivity index (χ2v) is 7.61. The van der Waals surface area contributed by atoms with Crippen molar-refractivity contribution in [3.63, 3.8) is 0 Å². The maximum absolute atomic E-state index is 13.7. The number of hydrogen-bond acceptors (Lipinski definition) is 4. The molecule has 1 aromatic rings. The zero-order chi connectivity index (χ0) is 15.5. The zero-order valence-electron chi connectivity index (χ0n) is 12.1. The van der Waals surface area contributed by atoms with Crippen LogP contribution >= 0.6 is 11.8 Å². The van der Waals surface area contributed by atoms with Gasteiger partial charge in [0.1, 0.15) is 5.82 Å². The average molecular weight is 321 g/mol. The first kappa shape index (κ1) is 17.4. The highest BCUT2D eigenvalue weighted by Gasteiger charge is 2.26. The largest absolute Gasteiger partial charge is 0.392 e. The third kappa shape index (κ3) is 3.52. The van der Waals surface area contributed by atoms with Gasteiger partial charge in [-0.3, -0.25) is 0 Å². The first-order valence-corrected chi connectivity index (χ1v) is 8.96. The van der Waals surface area contributed by atoms with Crippen molar-refractivity contribution in [1.29, 1.82) is 0 Å². The molecular formula is C13H20FNO3S2. The summed E-state index contributed by atoms with van der Waals surface area (Å²) in [5.74, 6) is 0.106. The molecule has 0 amide bonds. The molecule has 0 bridgehead atoms. The molecule has 0 radical (unpaired) electrons. The van der Waals surface area contributed by atoms with E-state index in [1.54, 1.807) is 11.8 Å². The van der Waals surface area contributed by atoms with Crippen molar-refractivity contribution in [2.75, 3.05) is 19.1 Å². The second kappa shape index (κ2) is 6.89. The highest BCUT2D eigenvalue weighted by molar-refractivity contribution is 7.98. The van der Waals surface area contributed by atoms with E-state index in [2.05, 4.69) is 0 Å². The van der Waals surface area contributed by atoms with E-state index in [1.807, 2.05) is 13.2 Å². The molecule has 0 aliphatic heterocycles. The van der Waals surface area contributed by atoms with Gasteiger partial charge in [0.15, 0.2) is 0 Å². The minimum absolute atomic E-state index is 0.00510. The fourth-order valence-corrected chi connectivity index (χ4v) is 4.12. The second-order valence-electron chi connectivity index (χ2n) is 4.70. The molecule has 1 N–H and O–H groups in total. The van der Waals surface area contributed by atoms with E-state index in [1.165, 1.54) is 30.4 Å². The van der Waals surface area contributed by atoms with Crippen LogP contribution in [-0.4, -0.2) is 42.9 Å². The summed E-state index contributed by atoms with van der Waals surface area (Å²) in [5, 5.41) is 9.11. The van der Waals surface area contributed by atoms with Gasteiger partial charge in [-0.25, -0.2) is 12.8 Å². The van der Waals surface area contributed by atoms with E-state index in [0.717, 1.165) is 0 Å². The lowest BCUT2D eigenvalue weighted by Crippen LogP contribution is -2.36. The Morgan fingerprint density at radius 1 is 1.45 bits per heavy atom. The normalized spacial score (nSPS) is 13.8. The van der Waals surface area contributed by atoms with Crippen LogP contribution in [0.4, 0.5) is 4.39 Å². The van der Waals surface area contributed by atoms with Gasteiger partial charge in [-0.1, -0.05) is 0 Å². The van der Waals surface area contributed by atoms with E-state index >= 15 is 0 Å². The molecule has 1 atom stereocenters. The minimum atomic E-state index is -3.69. The fourth-order valence-electron chi connectivity index (χ4n) is 1.82. The van der Waals surface area contributed by atoms with Crippen LogP contribution in [0.5, 0.6) is 0 Å². The number of benzene rings is 1. The fraction of sp³-hybridized carbons (Fsp3) is 0.538. The standard InChI is InChI=1S/C13H20FNO3S2/c1-9-5-12(6-11(7-16)13(9)14)20(17,18)15(3)10(2)8-19-4/h5-6,10,16H,7-8H2,1-4H3. The Kier molecular flexibility index (Phi) is 6.00. The highest BCUT2D eigenvalue weighted by atomic mass is 32.2. The van der Waals surface area contributed by atoms with E-state index in [4.69, 9.17) is 5.11 Å².